The number of carbonyl (C=O) groups excluding carboxylic acids is 1. The molecular weight excluding hydrogens is 528 g/mol. The van der Waals surface area contributed by atoms with Gasteiger partial charge in [0.25, 0.3) is 0 Å². The van der Waals surface area contributed by atoms with Crippen LogP contribution < -0.4 is 0 Å². The topological polar surface area (TPSA) is 77.5 Å². The molecule has 4 fully saturated rings. The molecule has 1 aromatic carbocycles. The van der Waals surface area contributed by atoms with E-state index in [-0.39, 0.29) is 59.8 Å². The van der Waals surface area contributed by atoms with Crippen LogP contribution in [0.5, 0.6) is 0 Å². The van der Waals surface area contributed by atoms with Crippen LogP contribution in [0.1, 0.15) is 73.8 Å². The summed E-state index contributed by atoms with van der Waals surface area (Å²) in [5.74, 6) is 0.158. The van der Waals surface area contributed by atoms with Crippen LogP contribution in [0.25, 0.3) is 0 Å². The third-order valence-electron chi connectivity index (χ3n) is 10.3. The smallest absolute Gasteiger partial charge is 0.310 e. The second-order valence-corrected chi connectivity index (χ2v) is 14.1. The van der Waals surface area contributed by atoms with Crippen LogP contribution in [0.15, 0.2) is 65.8 Å². The van der Waals surface area contributed by atoms with E-state index in [2.05, 4.69) is 58.9 Å². The van der Waals surface area contributed by atoms with Crippen LogP contribution in [-0.4, -0.2) is 53.0 Å². The van der Waals surface area contributed by atoms with Gasteiger partial charge in [0.05, 0.1) is 36.4 Å². The first-order valence-corrected chi connectivity index (χ1v) is 15.7. The minimum Gasteiger partial charge on any atom is -0.459 e. The van der Waals surface area contributed by atoms with E-state index in [9.17, 15) is 9.90 Å². The number of carbonyl (C=O) groups is 1. The number of allylic oxidation sites excluding steroid dienone is 4. The molecule has 0 aromatic heterocycles. The summed E-state index contributed by atoms with van der Waals surface area (Å²) in [5, 5.41) is 11.6. The number of benzene rings is 1. The summed E-state index contributed by atoms with van der Waals surface area (Å²) >= 11 is 0. The number of aliphatic hydroxyl groups is 1. The molecule has 10 atom stereocenters. The minimum absolute atomic E-state index is 0.00239. The Balaban J connectivity index is 1.40. The summed E-state index contributed by atoms with van der Waals surface area (Å²) in [6.45, 7) is 17.2. The zero-order chi connectivity index (χ0) is 30.4. The fourth-order valence-corrected chi connectivity index (χ4v) is 8.02. The fourth-order valence-electron chi connectivity index (χ4n) is 8.02. The number of esters is 1. The molecule has 6 nitrogen and oxygen atoms in total. The van der Waals surface area contributed by atoms with Gasteiger partial charge in [0.15, 0.2) is 5.79 Å². The van der Waals surface area contributed by atoms with Gasteiger partial charge in [0, 0.05) is 11.8 Å². The molecule has 1 aromatic rings. The number of rotatable bonds is 7. The molecule has 0 radical (unpaired) electrons. The van der Waals surface area contributed by atoms with Gasteiger partial charge in [-0.05, 0) is 90.2 Å². The maximum absolute atomic E-state index is 13.0. The number of fused-ring (bicyclic) bond motifs is 3. The lowest BCUT2D eigenvalue weighted by Gasteiger charge is -2.51. The number of ether oxygens (including phenoxy) is 4. The lowest BCUT2D eigenvalue weighted by Crippen LogP contribution is -2.57. The lowest BCUT2D eigenvalue weighted by molar-refractivity contribution is -0.282. The molecule has 2 heterocycles. The molecule has 2 aliphatic heterocycles. The Morgan fingerprint density at radius 2 is 1.79 bits per heavy atom. The summed E-state index contributed by atoms with van der Waals surface area (Å²) in [6, 6.07) is 9.63. The Hall–Kier alpha value is -2.25. The highest BCUT2D eigenvalue weighted by Gasteiger charge is 2.70. The van der Waals surface area contributed by atoms with Crippen molar-refractivity contribution in [2.45, 2.75) is 110 Å². The minimum atomic E-state index is -1.11. The molecule has 230 valence electrons. The maximum Gasteiger partial charge on any atom is 0.310 e. The van der Waals surface area contributed by atoms with Crippen molar-refractivity contribution in [2.75, 3.05) is 6.61 Å². The molecule has 10 unspecified atom stereocenters. The van der Waals surface area contributed by atoms with Crippen molar-refractivity contribution in [2.24, 2.45) is 29.6 Å². The molecule has 2 saturated carbocycles. The third-order valence-corrected chi connectivity index (χ3v) is 10.3. The third kappa shape index (κ3) is 6.19. The standard InChI is InChI=1S/C36H50O6/c1-9-22(2)31-26(17-13-14-23(3)32-24(4)21-39-34(5,6)41-32)27-19-29(40-30(37)18-25-15-11-10-12-16-25)35(7,38)20-28(27)33-36(31,8)42-33/h9-17,24,26-29,31-33,38H,18-21H2,1-8H3. The normalized spacial score (nSPS) is 41.6. The van der Waals surface area contributed by atoms with Crippen molar-refractivity contribution >= 4 is 5.97 Å². The van der Waals surface area contributed by atoms with Crippen LogP contribution in [0.4, 0.5) is 0 Å². The molecule has 0 spiro atoms. The SMILES string of the molecule is CC=C(C)C1C(C=CC=C(C)C2OC(C)(C)OCC2C)C2CC(OC(=O)Cc3ccccc3)C(C)(O)CC2C2OC21C. The molecule has 6 heteroatoms. The molecule has 2 aliphatic carbocycles. The number of hydrogen-bond acceptors (Lipinski definition) is 6. The van der Waals surface area contributed by atoms with Gasteiger partial charge in [-0.1, -0.05) is 67.1 Å². The predicted octanol–water partition coefficient (Wildman–Crippen LogP) is 6.58. The number of hydrogen-bond donors (Lipinski definition) is 1. The molecule has 2 saturated heterocycles. The van der Waals surface area contributed by atoms with Crippen molar-refractivity contribution in [3.05, 3.63) is 71.3 Å². The molecule has 1 N–H and O–H groups in total. The van der Waals surface area contributed by atoms with E-state index < -0.39 is 17.5 Å². The van der Waals surface area contributed by atoms with Crippen molar-refractivity contribution in [1.29, 1.82) is 0 Å². The number of epoxide rings is 1. The van der Waals surface area contributed by atoms with E-state index in [0.29, 0.717) is 19.4 Å². The van der Waals surface area contributed by atoms with Gasteiger partial charge in [0.1, 0.15) is 6.10 Å². The van der Waals surface area contributed by atoms with Gasteiger partial charge in [-0.3, -0.25) is 4.79 Å². The quantitative estimate of drug-likeness (QED) is 0.171. The second kappa shape index (κ2) is 11.7. The van der Waals surface area contributed by atoms with E-state index >= 15 is 0 Å². The van der Waals surface area contributed by atoms with E-state index in [1.54, 1.807) is 0 Å². The summed E-state index contributed by atoms with van der Waals surface area (Å²) < 4.78 is 24.7. The lowest BCUT2D eigenvalue weighted by atomic mass is 9.54. The molecule has 0 bridgehead atoms. The first kappa shape index (κ1) is 31.2. The van der Waals surface area contributed by atoms with Crippen LogP contribution in [0.2, 0.25) is 0 Å². The van der Waals surface area contributed by atoms with E-state index in [1.807, 2.05) is 51.1 Å². The highest BCUT2D eigenvalue weighted by molar-refractivity contribution is 5.72. The average Bonchev–Trinajstić information content (AvgIpc) is 3.62. The van der Waals surface area contributed by atoms with Gasteiger partial charge in [-0.15, -0.1) is 0 Å². The molecule has 4 aliphatic rings. The maximum atomic E-state index is 13.0. The van der Waals surface area contributed by atoms with Crippen LogP contribution >= 0.6 is 0 Å². The Morgan fingerprint density at radius 3 is 2.48 bits per heavy atom. The highest BCUT2D eigenvalue weighted by atomic mass is 16.7. The Morgan fingerprint density at radius 1 is 1.07 bits per heavy atom. The fraction of sp³-hybridized carbons (Fsp3) is 0.639. The predicted molar refractivity (Wildman–Crippen MR) is 164 cm³/mol. The van der Waals surface area contributed by atoms with Crippen LogP contribution in [-0.2, 0) is 30.2 Å². The van der Waals surface area contributed by atoms with E-state index in [4.69, 9.17) is 18.9 Å². The largest absolute Gasteiger partial charge is 0.459 e. The average molecular weight is 579 g/mol. The second-order valence-electron chi connectivity index (χ2n) is 14.1. The monoisotopic (exact) mass is 578 g/mol. The summed E-state index contributed by atoms with van der Waals surface area (Å²) in [7, 11) is 0. The van der Waals surface area contributed by atoms with Crippen LogP contribution in [0, 0.1) is 29.6 Å². The van der Waals surface area contributed by atoms with Crippen molar-refractivity contribution in [3.63, 3.8) is 0 Å². The zero-order valence-electron chi connectivity index (χ0n) is 26.6. The Bertz CT molecular complexity index is 1230. The summed E-state index contributed by atoms with van der Waals surface area (Å²) in [5.41, 5.74) is 2.02. The zero-order valence-corrected chi connectivity index (χ0v) is 26.6. The van der Waals surface area contributed by atoms with Gasteiger partial charge >= 0.3 is 5.97 Å². The first-order chi connectivity index (χ1) is 19.8. The van der Waals surface area contributed by atoms with Gasteiger partial charge < -0.3 is 24.1 Å². The summed E-state index contributed by atoms with van der Waals surface area (Å²) in [6.07, 6.45) is 9.76. The highest BCUT2D eigenvalue weighted by Crippen LogP contribution is 2.64. The van der Waals surface area contributed by atoms with Gasteiger partial charge in [0.2, 0.25) is 0 Å². The van der Waals surface area contributed by atoms with Gasteiger partial charge in [-0.25, -0.2) is 0 Å². The molecule has 5 rings (SSSR count). The van der Waals surface area contributed by atoms with Crippen molar-refractivity contribution < 1.29 is 28.8 Å². The van der Waals surface area contributed by atoms with Gasteiger partial charge in [-0.2, -0.15) is 0 Å². The van der Waals surface area contributed by atoms with Crippen LogP contribution in [0.3, 0.4) is 0 Å². The van der Waals surface area contributed by atoms with E-state index in [0.717, 1.165) is 5.56 Å². The van der Waals surface area contributed by atoms with Crippen molar-refractivity contribution in [3.8, 4) is 0 Å². The van der Waals surface area contributed by atoms with Crippen molar-refractivity contribution in [1.82, 2.24) is 0 Å². The Kier molecular flexibility index (Phi) is 8.67. The molecule has 42 heavy (non-hydrogen) atoms. The Labute approximate surface area is 252 Å². The molecular formula is C36H50O6. The molecule has 0 amide bonds. The first-order valence-electron chi connectivity index (χ1n) is 15.7. The van der Waals surface area contributed by atoms with E-state index in [1.165, 1.54) is 11.1 Å². The summed E-state index contributed by atoms with van der Waals surface area (Å²) in [4.78, 5) is 13.0.